The number of aromatic nitrogens is 1. The highest BCUT2D eigenvalue weighted by atomic mass is 19.1. The second-order valence-electron chi connectivity index (χ2n) is 6.99. The number of carboxylic acid groups (broad SMARTS) is 1. The van der Waals surface area contributed by atoms with Crippen LogP contribution < -0.4 is 15.9 Å². The zero-order valence-corrected chi connectivity index (χ0v) is 13.8. The van der Waals surface area contributed by atoms with E-state index in [1.165, 1.54) is 4.57 Å². The number of aromatic carboxylic acids is 1. The number of fused-ring (bicyclic) bond motifs is 1. The molecule has 0 amide bonds. The lowest BCUT2D eigenvalue weighted by Crippen LogP contribution is -2.39. The SMILES string of the molecule is CC(C)(N)COc1c(F)cc2c(=O)c(C(=O)O)cn(C3CC3)c2c1F. The Hall–Kier alpha value is -2.48. The molecule has 1 saturated carbocycles. The van der Waals surface area contributed by atoms with Crippen LogP contribution in [0.4, 0.5) is 8.78 Å². The lowest BCUT2D eigenvalue weighted by atomic mass is 10.1. The molecule has 1 aliphatic rings. The fourth-order valence-corrected chi connectivity index (χ4v) is 2.61. The molecule has 1 aliphatic carbocycles. The molecule has 1 fully saturated rings. The van der Waals surface area contributed by atoms with Gasteiger partial charge in [0.1, 0.15) is 12.2 Å². The van der Waals surface area contributed by atoms with Crippen LogP contribution in [0.5, 0.6) is 5.75 Å². The minimum atomic E-state index is -1.44. The maximum Gasteiger partial charge on any atom is 0.341 e. The van der Waals surface area contributed by atoms with Gasteiger partial charge in [0.25, 0.3) is 0 Å². The van der Waals surface area contributed by atoms with Crippen LogP contribution in [0.25, 0.3) is 10.9 Å². The summed E-state index contributed by atoms with van der Waals surface area (Å²) in [4.78, 5) is 23.6. The Morgan fingerprint density at radius 1 is 1.44 bits per heavy atom. The molecule has 1 heterocycles. The Morgan fingerprint density at radius 2 is 2.08 bits per heavy atom. The van der Waals surface area contributed by atoms with Crippen LogP contribution in [0, 0.1) is 11.6 Å². The molecule has 0 spiro atoms. The number of ether oxygens (including phenoxy) is 1. The molecular weight excluding hydrogens is 334 g/mol. The number of halogens is 2. The topological polar surface area (TPSA) is 94.6 Å². The average Bonchev–Trinajstić information content (AvgIpc) is 3.31. The average molecular weight is 352 g/mol. The number of nitrogens with two attached hydrogens (primary N) is 1. The third-order valence-electron chi connectivity index (χ3n) is 3.93. The van der Waals surface area contributed by atoms with Crippen molar-refractivity contribution in [2.45, 2.75) is 38.3 Å². The summed E-state index contributed by atoms with van der Waals surface area (Å²) in [6.45, 7) is 3.15. The Morgan fingerprint density at radius 3 is 2.60 bits per heavy atom. The maximum absolute atomic E-state index is 15.0. The van der Waals surface area contributed by atoms with E-state index in [-0.39, 0.29) is 23.6 Å². The Labute approximate surface area is 141 Å². The van der Waals surface area contributed by atoms with Crippen molar-refractivity contribution >= 4 is 16.9 Å². The summed E-state index contributed by atoms with van der Waals surface area (Å²) in [5, 5.41) is 8.86. The van der Waals surface area contributed by atoms with E-state index in [0.717, 1.165) is 25.1 Å². The number of nitrogens with zero attached hydrogens (tertiary/aromatic N) is 1. The van der Waals surface area contributed by atoms with Crippen molar-refractivity contribution in [1.82, 2.24) is 4.57 Å². The molecule has 0 aliphatic heterocycles. The van der Waals surface area contributed by atoms with Crippen LogP contribution in [0.1, 0.15) is 43.1 Å². The molecule has 8 heteroatoms. The van der Waals surface area contributed by atoms with Gasteiger partial charge in [-0.1, -0.05) is 0 Å². The van der Waals surface area contributed by atoms with Gasteiger partial charge in [0.05, 0.1) is 10.9 Å². The molecule has 25 heavy (non-hydrogen) atoms. The van der Waals surface area contributed by atoms with E-state index in [4.69, 9.17) is 10.5 Å². The van der Waals surface area contributed by atoms with Crippen molar-refractivity contribution in [3.8, 4) is 5.75 Å². The second-order valence-corrected chi connectivity index (χ2v) is 6.99. The summed E-state index contributed by atoms with van der Waals surface area (Å²) >= 11 is 0. The summed E-state index contributed by atoms with van der Waals surface area (Å²) < 4.78 is 35.9. The Kier molecular flexibility index (Phi) is 4.03. The molecule has 0 bridgehead atoms. The molecule has 3 rings (SSSR count). The molecule has 0 unspecified atom stereocenters. The molecule has 6 nitrogen and oxygen atoms in total. The summed E-state index contributed by atoms with van der Waals surface area (Å²) in [6, 6.07) is 0.699. The number of carbonyl (C=O) groups is 1. The van der Waals surface area contributed by atoms with E-state index in [1.807, 2.05) is 0 Å². The van der Waals surface area contributed by atoms with Gasteiger partial charge in [-0.3, -0.25) is 4.79 Å². The van der Waals surface area contributed by atoms with Gasteiger partial charge in [-0.05, 0) is 32.8 Å². The normalized spacial score (nSPS) is 14.8. The third-order valence-corrected chi connectivity index (χ3v) is 3.93. The summed E-state index contributed by atoms with van der Waals surface area (Å²) in [5.41, 5.74) is 3.37. The molecule has 3 N–H and O–H groups in total. The van der Waals surface area contributed by atoms with E-state index in [1.54, 1.807) is 13.8 Å². The van der Waals surface area contributed by atoms with Gasteiger partial charge in [0.2, 0.25) is 5.43 Å². The van der Waals surface area contributed by atoms with Crippen LogP contribution in [-0.4, -0.2) is 27.8 Å². The zero-order chi connectivity index (χ0) is 18.5. The minimum Gasteiger partial charge on any atom is -0.486 e. The van der Waals surface area contributed by atoms with Gasteiger partial charge >= 0.3 is 5.97 Å². The first-order valence-electron chi connectivity index (χ1n) is 7.82. The van der Waals surface area contributed by atoms with Crippen LogP contribution in [0.2, 0.25) is 0 Å². The van der Waals surface area contributed by atoms with E-state index < -0.39 is 39.9 Å². The second kappa shape index (κ2) is 5.80. The predicted molar refractivity (Wildman–Crippen MR) is 87.1 cm³/mol. The fourth-order valence-electron chi connectivity index (χ4n) is 2.61. The number of hydrogen-bond acceptors (Lipinski definition) is 4. The number of rotatable bonds is 5. The first-order valence-corrected chi connectivity index (χ1v) is 7.82. The lowest BCUT2D eigenvalue weighted by Gasteiger charge is -2.20. The largest absolute Gasteiger partial charge is 0.486 e. The van der Waals surface area contributed by atoms with Crippen molar-refractivity contribution in [3.63, 3.8) is 0 Å². The summed E-state index contributed by atoms with van der Waals surface area (Å²) in [5.74, 6) is -4.16. The molecular formula is C17H18F2N2O4. The monoisotopic (exact) mass is 352 g/mol. The van der Waals surface area contributed by atoms with Crippen LogP contribution in [0.3, 0.4) is 0 Å². The van der Waals surface area contributed by atoms with Crippen molar-refractivity contribution in [3.05, 3.63) is 39.7 Å². The Bertz CT molecular complexity index is 927. The van der Waals surface area contributed by atoms with E-state index in [0.29, 0.717) is 0 Å². The van der Waals surface area contributed by atoms with Gasteiger partial charge in [0, 0.05) is 17.8 Å². The Balaban J connectivity index is 2.27. The van der Waals surface area contributed by atoms with Crippen LogP contribution >= 0.6 is 0 Å². The fraction of sp³-hybridized carbons (Fsp3) is 0.412. The smallest absolute Gasteiger partial charge is 0.341 e. The van der Waals surface area contributed by atoms with E-state index in [9.17, 15) is 23.5 Å². The molecule has 2 aromatic rings. The predicted octanol–water partition coefficient (Wildman–Crippen LogP) is 2.43. The van der Waals surface area contributed by atoms with Gasteiger partial charge in [-0.15, -0.1) is 0 Å². The molecule has 1 aromatic carbocycles. The van der Waals surface area contributed by atoms with Crippen LogP contribution in [0.15, 0.2) is 17.1 Å². The molecule has 0 atom stereocenters. The first-order chi connectivity index (χ1) is 11.6. The van der Waals surface area contributed by atoms with Gasteiger partial charge in [-0.2, -0.15) is 0 Å². The van der Waals surface area contributed by atoms with E-state index in [2.05, 4.69) is 0 Å². The highest BCUT2D eigenvalue weighted by molar-refractivity contribution is 5.93. The van der Waals surface area contributed by atoms with Gasteiger partial charge in [0.15, 0.2) is 17.4 Å². The molecule has 1 aromatic heterocycles. The molecule has 134 valence electrons. The highest BCUT2D eigenvalue weighted by Crippen LogP contribution is 2.39. The standard InChI is InChI=1S/C17H18F2N2O4/c1-17(2,20)7-25-15-11(18)5-9-13(12(15)19)21(8-3-4-8)6-10(14(9)22)16(23)24/h5-6,8H,3-4,7,20H2,1-2H3,(H,23,24). The summed E-state index contributed by atoms with van der Waals surface area (Å²) in [7, 11) is 0. The van der Waals surface area contributed by atoms with Crippen molar-refractivity contribution in [2.75, 3.05) is 6.61 Å². The number of hydrogen-bond donors (Lipinski definition) is 2. The highest BCUT2D eigenvalue weighted by Gasteiger charge is 2.30. The number of pyridine rings is 1. The molecule has 0 radical (unpaired) electrons. The maximum atomic E-state index is 15.0. The van der Waals surface area contributed by atoms with Crippen molar-refractivity contribution in [1.29, 1.82) is 0 Å². The number of benzene rings is 1. The number of carboxylic acids is 1. The third kappa shape index (κ3) is 3.21. The first kappa shape index (κ1) is 17.3. The minimum absolute atomic E-state index is 0.125. The van der Waals surface area contributed by atoms with Gasteiger partial charge < -0.3 is 20.1 Å². The quantitative estimate of drug-likeness (QED) is 0.862. The van der Waals surface area contributed by atoms with Crippen molar-refractivity contribution in [2.24, 2.45) is 5.73 Å². The summed E-state index contributed by atoms with van der Waals surface area (Å²) in [6.07, 6.45) is 2.56. The van der Waals surface area contributed by atoms with Crippen LogP contribution in [-0.2, 0) is 0 Å². The van der Waals surface area contributed by atoms with Gasteiger partial charge in [-0.25, -0.2) is 13.6 Å². The van der Waals surface area contributed by atoms with E-state index >= 15 is 0 Å². The lowest BCUT2D eigenvalue weighted by molar-refractivity contribution is 0.0694. The van der Waals surface area contributed by atoms with Crippen molar-refractivity contribution < 1.29 is 23.4 Å². The molecule has 0 saturated heterocycles. The zero-order valence-electron chi connectivity index (χ0n) is 13.8.